The molecule has 16 heteroatoms. The molecule has 0 saturated carbocycles. The van der Waals surface area contributed by atoms with Crippen molar-refractivity contribution in [2.75, 3.05) is 45.9 Å². The minimum Gasteiger partial charge on any atom is -0.378 e. The first-order chi connectivity index (χ1) is 20.8. The summed E-state index contributed by atoms with van der Waals surface area (Å²) in [5.41, 5.74) is -1.49. The van der Waals surface area contributed by atoms with E-state index in [1.807, 2.05) is 0 Å². The van der Waals surface area contributed by atoms with E-state index in [0.29, 0.717) is 57.8 Å². The summed E-state index contributed by atoms with van der Waals surface area (Å²) in [6.07, 6.45) is -3.65. The van der Waals surface area contributed by atoms with Crippen LogP contribution in [0.15, 0.2) is 63.2 Å². The first kappa shape index (κ1) is 32.2. The molecule has 3 aliphatic heterocycles. The number of amides is 3. The summed E-state index contributed by atoms with van der Waals surface area (Å²) in [7, 11) is -9.13. The van der Waals surface area contributed by atoms with Crippen LogP contribution >= 0.6 is 0 Å². The van der Waals surface area contributed by atoms with E-state index in [0.717, 1.165) is 6.07 Å². The zero-order valence-electron chi connectivity index (χ0n) is 23.7. The van der Waals surface area contributed by atoms with E-state index < -0.39 is 53.5 Å². The molecule has 2 aromatic carbocycles. The number of urea groups is 1. The van der Waals surface area contributed by atoms with Crippen molar-refractivity contribution in [3.05, 3.63) is 54.1 Å². The summed E-state index contributed by atoms with van der Waals surface area (Å²) in [5, 5.41) is 0. The number of nitrogens with zero attached hydrogens (tertiary/aromatic N) is 3. The normalized spacial score (nSPS) is 20.6. The van der Waals surface area contributed by atoms with Gasteiger partial charge < -0.3 is 19.4 Å². The number of carbonyl (C=O) groups excluding carboxylic acids is 2. The predicted octanol–water partition coefficient (Wildman–Crippen LogP) is 2.72. The fourth-order valence-corrected chi connectivity index (χ4v) is 8.70. The largest absolute Gasteiger partial charge is 0.417 e. The number of likely N-dealkylation sites (tertiary alicyclic amines) is 2. The van der Waals surface area contributed by atoms with Crippen LogP contribution in [-0.2, 0) is 35.6 Å². The molecule has 0 aromatic heterocycles. The number of hydrogen-bond acceptors (Lipinski definition) is 7. The maximum atomic E-state index is 13.9. The number of ether oxygens (including phenoxy) is 1. The maximum Gasteiger partial charge on any atom is 0.417 e. The Kier molecular flexibility index (Phi) is 9.26. The summed E-state index contributed by atoms with van der Waals surface area (Å²) in [6.45, 7) is 2.47. The highest BCUT2D eigenvalue weighted by Gasteiger charge is 2.41. The molecule has 240 valence electrons. The Hall–Kier alpha value is -3.21. The lowest BCUT2D eigenvalue weighted by Crippen LogP contribution is -2.55. The van der Waals surface area contributed by atoms with Crippen molar-refractivity contribution in [2.24, 2.45) is 0 Å². The zero-order valence-corrected chi connectivity index (χ0v) is 25.3. The molecule has 3 saturated heterocycles. The fraction of sp³-hybridized carbons (Fsp3) is 0.500. The van der Waals surface area contributed by atoms with Gasteiger partial charge in [-0.05, 0) is 56.0 Å². The van der Waals surface area contributed by atoms with Gasteiger partial charge in [-0.15, -0.1) is 0 Å². The van der Waals surface area contributed by atoms with E-state index in [1.165, 1.54) is 24.3 Å². The third-order valence-electron chi connectivity index (χ3n) is 8.11. The Bertz CT molecular complexity index is 1590. The zero-order chi connectivity index (χ0) is 31.7. The van der Waals surface area contributed by atoms with Crippen LogP contribution in [-0.4, -0.2) is 101 Å². The highest BCUT2D eigenvalue weighted by atomic mass is 32.2. The molecule has 0 spiro atoms. The summed E-state index contributed by atoms with van der Waals surface area (Å²) in [5.74, 6) is -0.247. The van der Waals surface area contributed by atoms with Crippen LogP contribution in [0.25, 0.3) is 0 Å². The minimum absolute atomic E-state index is 0.123. The second-order valence-electron chi connectivity index (χ2n) is 10.9. The van der Waals surface area contributed by atoms with Gasteiger partial charge in [0.1, 0.15) is 6.04 Å². The molecular weight excluding hydrogens is 625 g/mol. The Morgan fingerprint density at radius 3 is 2.11 bits per heavy atom. The molecule has 44 heavy (non-hydrogen) atoms. The highest BCUT2D eigenvalue weighted by molar-refractivity contribution is 7.91. The van der Waals surface area contributed by atoms with Gasteiger partial charge >= 0.3 is 12.2 Å². The molecule has 3 amide bonds. The van der Waals surface area contributed by atoms with E-state index in [2.05, 4.69) is 4.72 Å². The molecule has 0 radical (unpaired) electrons. The molecule has 0 aliphatic carbocycles. The van der Waals surface area contributed by atoms with Gasteiger partial charge in [-0.2, -0.15) is 13.2 Å². The van der Waals surface area contributed by atoms with Crippen LogP contribution in [0.4, 0.5) is 18.0 Å². The number of carbonyl (C=O) groups is 2. The van der Waals surface area contributed by atoms with Crippen LogP contribution in [0.1, 0.15) is 31.2 Å². The third kappa shape index (κ3) is 6.72. The second-order valence-corrected chi connectivity index (χ2v) is 14.6. The van der Waals surface area contributed by atoms with Crippen molar-refractivity contribution in [1.82, 2.24) is 19.4 Å². The fourth-order valence-electron chi connectivity index (χ4n) is 5.76. The quantitative estimate of drug-likeness (QED) is 0.505. The van der Waals surface area contributed by atoms with Gasteiger partial charge in [0.2, 0.25) is 25.8 Å². The molecule has 5 rings (SSSR count). The van der Waals surface area contributed by atoms with Crippen LogP contribution in [0.3, 0.4) is 0 Å². The average molecular weight is 659 g/mol. The second kappa shape index (κ2) is 12.7. The van der Waals surface area contributed by atoms with Gasteiger partial charge in [0.05, 0.1) is 33.5 Å². The molecule has 2 aromatic rings. The molecule has 1 N–H and O–H groups in total. The predicted molar refractivity (Wildman–Crippen MR) is 151 cm³/mol. The number of piperidine rings is 1. The van der Waals surface area contributed by atoms with Crippen molar-refractivity contribution in [3.63, 3.8) is 0 Å². The van der Waals surface area contributed by atoms with Crippen LogP contribution in [0.2, 0.25) is 0 Å². The van der Waals surface area contributed by atoms with Gasteiger partial charge in [0, 0.05) is 38.8 Å². The number of benzene rings is 2. The summed E-state index contributed by atoms with van der Waals surface area (Å²) >= 11 is 0. The summed E-state index contributed by atoms with van der Waals surface area (Å²) < 4.78 is 102. The van der Waals surface area contributed by atoms with Crippen molar-refractivity contribution in [3.8, 4) is 0 Å². The van der Waals surface area contributed by atoms with Crippen molar-refractivity contribution in [1.29, 1.82) is 0 Å². The first-order valence-electron chi connectivity index (χ1n) is 14.2. The number of sulfone groups is 1. The van der Waals surface area contributed by atoms with Gasteiger partial charge in [0.25, 0.3) is 0 Å². The number of halogens is 3. The van der Waals surface area contributed by atoms with E-state index >= 15 is 0 Å². The average Bonchev–Trinajstić information content (AvgIpc) is 3.51. The van der Waals surface area contributed by atoms with Crippen molar-refractivity contribution in [2.45, 2.75) is 58.6 Å². The summed E-state index contributed by atoms with van der Waals surface area (Å²) in [4.78, 5) is 29.2. The smallest absolute Gasteiger partial charge is 0.378 e. The standard InChI is InChI=1S/C28H33F3N4O7S2/c29-28(30,31)23-9-8-22(43(38,39)21-5-2-1-3-6-21)19-25(23)44(40,41)32-20-10-13-33(14-11-20)26(36)24-7-4-12-35(24)27(37)34-15-17-42-18-16-34/h1-3,5-6,8-9,19-20,24,32H,4,7,10-18H2/t24-/m1/s1. The Morgan fingerprint density at radius 2 is 1.48 bits per heavy atom. The Morgan fingerprint density at radius 1 is 0.818 bits per heavy atom. The lowest BCUT2D eigenvalue weighted by atomic mass is 10.0. The molecular formula is C28H33F3N4O7S2. The topological polar surface area (TPSA) is 133 Å². The van der Waals surface area contributed by atoms with Gasteiger partial charge in [0.15, 0.2) is 0 Å². The summed E-state index contributed by atoms with van der Waals surface area (Å²) in [6, 6.07) is 7.06. The molecule has 1 atom stereocenters. The lowest BCUT2D eigenvalue weighted by molar-refractivity contribution is -0.140. The molecule has 11 nitrogen and oxygen atoms in total. The number of sulfonamides is 1. The van der Waals surface area contributed by atoms with Gasteiger partial charge in [-0.1, -0.05) is 18.2 Å². The Labute approximate surface area is 253 Å². The minimum atomic E-state index is -5.07. The van der Waals surface area contributed by atoms with Crippen molar-refractivity contribution < 1.29 is 44.3 Å². The monoisotopic (exact) mass is 658 g/mol. The molecule has 3 heterocycles. The van der Waals surface area contributed by atoms with E-state index in [1.54, 1.807) is 20.8 Å². The third-order valence-corrected chi connectivity index (χ3v) is 11.4. The lowest BCUT2D eigenvalue weighted by Gasteiger charge is -2.37. The van der Waals surface area contributed by atoms with E-state index in [-0.39, 0.29) is 42.8 Å². The maximum absolute atomic E-state index is 13.9. The molecule has 0 bridgehead atoms. The van der Waals surface area contributed by atoms with E-state index in [9.17, 15) is 39.6 Å². The molecule has 3 fully saturated rings. The van der Waals surface area contributed by atoms with Gasteiger partial charge in [-0.25, -0.2) is 26.4 Å². The number of morpholine rings is 1. The van der Waals surface area contributed by atoms with Gasteiger partial charge in [-0.3, -0.25) is 4.79 Å². The highest BCUT2D eigenvalue weighted by Crippen LogP contribution is 2.36. The first-order valence-corrected chi connectivity index (χ1v) is 17.2. The molecule has 3 aliphatic rings. The van der Waals surface area contributed by atoms with E-state index in [4.69, 9.17) is 4.74 Å². The van der Waals surface area contributed by atoms with Crippen LogP contribution in [0.5, 0.6) is 0 Å². The number of hydrogen-bond donors (Lipinski definition) is 1. The molecule has 0 unspecified atom stereocenters. The number of rotatable bonds is 6. The van der Waals surface area contributed by atoms with Crippen molar-refractivity contribution >= 4 is 31.8 Å². The number of nitrogens with one attached hydrogen (secondary N) is 1. The number of alkyl halides is 3. The van der Waals surface area contributed by atoms with Crippen LogP contribution < -0.4 is 4.72 Å². The van der Waals surface area contributed by atoms with Crippen LogP contribution in [0, 0.1) is 0 Å². The SMILES string of the molecule is O=C([C@H]1CCCN1C(=O)N1CCOCC1)N1CCC(NS(=O)(=O)c2cc(S(=O)(=O)c3ccccc3)ccc2C(F)(F)F)CC1. The Balaban J connectivity index is 1.28.